The Morgan fingerprint density at radius 2 is 2.12 bits per heavy atom. The van der Waals surface area contributed by atoms with Gasteiger partial charge < -0.3 is 15.2 Å². The van der Waals surface area contributed by atoms with E-state index in [1.807, 2.05) is 12.1 Å². The Morgan fingerprint density at radius 3 is 2.94 bits per heavy atom. The predicted octanol–water partition coefficient (Wildman–Crippen LogP) is 0.528. The number of nitrogens with two attached hydrogens (primary N) is 1. The van der Waals surface area contributed by atoms with E-state index in [0.717, 1.165) is 11.5 Å². The summed E-state index contributed by atoms with van der Waals surface area (Å²) in [5.74, 6) is 2.02. The lowest BCUT2D eigenvalue weighted by atomic mass is 9.90. The van der Waals surface area contributed by atoms with Crippen LogP contribution in [0.15, 0.2) is 18.2 Å². The molecule has 0 amide bonds. The molecule has 17 heavy (non-hydrogen) atoms. The summed E-state index contributed by atoms with van der Waals surface area (Å²) in [5, 5.41) is 0. The second kappa shape index (κ2) is 4.18. The molecule has 1 aromatic rings. The Kier molecular flexibility index (Phi) is 2.66. The summed E-state index contributed by atoms with van der Waals surface area (Å²) in [6.45, 7) is 3.10. The molecule has 0 radical (unpaired) electrons. The van der Waals surface area contributed by atoms with E-state index in [0.29, 0.717) is 25.3 Å². The molecule has 0 bridgehead atoms. The highest BCUT2D eigenvalue weighted by Crippen LogP contribution is 2.37. The molecule has 1 aromatic carbocycles. The molecule has 92 valence electrons. The minimum Gasteiger partial charge on any atom is -0.454 e. The maximum Gasteiger partial charge on any atom is 0.231 e. The molecule has 2 aliphatic rings. The smallest absolute Gasteiger partial charge is 0.231 e. The third-order valence-electron chi connectivity index (χ3n) is 3.56. The fourth-order valence-corrected chi connectivity index (χ4v) is 2.50. The average molecular weight is 235 g/mol. The van der Waals surface area contributed by atoms with Crippen molar-refractivity contribution in [2.24, 2.45) is 11.7 Å². The lowest BCUT2D eigenvalue weighted by Crippen LogP contribution is -2.30. The van der Waals surface area contributed by atoms with Gasteiger partial charge in [-0.1, -0.05) is 6.07 Å². The van der Waals surface area contributed by atoms with E-state index in [-0.39, 0.29) is 6.04 Å². The van der Waals surface area contributed by atoms with Crippen molar-refractivity contribution in [3.8, 4) is 11.5 Å². The third-order valence-corrected chi connectivity index (χ3v) is 3.56. The fourth-order valence-electron chi connectivity index (χ4n) is 2.50. The highest BCUT2D eigenvalue weighted by atomic mass is 16.7. The van der Waals surface area contributed by atoms with Gasteiger partial charge in [0.15, 0.2) is 11.5 Å². The van der Waals surface area contributed by atoms with Crippen LogP contribution in [0, 0.1) is 5.92 Å². The zero-order chi connectivity index (χ0) is 11.8. The molecule has 3 atom stereocenters. The summed E-state index contributed by atoms with van der Waals surface area (Å²) in [4.78, 5) is 0. The number of benzene rings is 1. The van der Waals surface area contributed by atoms with Gasteiger partial charge in [-0.3, -0.25) is 5.43 Å². The van der Waals surface area contributed by atoms with Crippen LogP contribution in [0.5, 0.6) is 11.5 Å². The van der Waals surface area contributed by atoms with Crippen LogP contribution < -0.4 is 26.1 Å². The second-order valence-corrected chi connectivity index (χ2v) is 4.57. The van der Waals surface area contributed by atoms with Crippen molar-refractivity contribution in [3.05, 3.63) is 23.8 Å². The van der Waals surface area contributed by atoms with Gasteiger partial charge in [-0.25, -0.2) is 5.43 Å². The van der Waals surface area contributed by atoms with Gasteiger partial charge in [-0.15, -0.1) is 0 Å². The van der Waals surface area contributed by atoms with E-state index in [4.69, 9.17) is 15.2 Å². The fraction of sp³-hybridized carbons (Fsp3) is 0.500. The van der Waals surface area contributed by atoms with Gasteiger partial charge in [0, 0.05) is 12.0 Å². The molecule has 2 aliphatic heterocycles. The lowest BCUT2D eigenvalue weighted by molar-refractivity contribution is 0.174. The monoisotopic (exact) mass is 235 g/mol. The maximum absolute atomic E-state index is 5.83. The molecule has 1 saturated heterocycles. The van der Waals surface area contributed by atoms with E-state index < -0.39 is 0 Å². The highest BCUT2D eigenvalue weighted by Gasteiger charge is 2.33. The molecule has 1 fully saturated rings. The van der Waals surface area contributed by atoms with Crippen LogP contribution in [0.1, 0.15) is 18.5 Å². The molecule has 4 N–H and O–H groups in total. The first-order valence-electron chi connectivity index (χ1n) is 5.90. The van der Waals surface area contributed by atoms with E-state index in [1.165, 1.54) is 5.56 Å². The Balaban J connectivity index is 1.89. The molecule has 3 unspecified atom stereocenters. The predicted molar refractivity (Wildman–Crippen MR) is 63.6 cm³/mol. The minimum absolute atomic E-state index is 0.226. The van der Waals surface area contributed by atoms with Crippen LogP contribution in [-0.2, 0) is 0 Å². The summed E-state index contributed by atoms with van der Waals surface area (Å²) in [7, 11) is 0. The number of hydrogen-bond acceptors (Lipinski definition) is 5. The van der Waals surface area contributed by atoms with Gasteiger partial charge >= 0.3 is 0 Å². The maximum atomic E-state index is 5.83. The Labute approximate surface area is 100 Å². The van der Waals surface area contributed by atoms with Gasteiger partial charge in [0.05, 0.1) is 6.04 Å². The van der Waals surface area contributed by atoms with E-state index in [2.05, 4.69) is 23.8 Å². The molecule has 5 heteroatoms. The van der Waals surface area contributed by atoms with Crippen LogP contribution >= 0.6 is 0 Å². The van der Waals surface area contributed by atoms with E-state index >= 15 is 0 Å². The van der Waals surface area contributed by atoms with Crippen molar-refractivity contribution in [1.29, 1.82) is 0 Å². The molecule has 2 heterocycles. The number of hydrazine groups is 1. The third kappa shape index (κ3) is 1.76. The van der Waals surface area contributed by atoms with Crippen LogP contribution in [0.3, 0.4) is 0 Å². The summed E-state index contributed by atoms with van der Waals surface area (Å²) < 4.78 is 10.7. The van der Waals surface area contributed by atoms with Crippen LogP contribution in [0.2, 0.25) is 0 Å². The SMILES string of the molecule is CC1NNC(c2ccc3c(c2)OCO3)C1CN. The van der Waals surface area contributed by atoms with Crippen molar-refractivity contribution in [1.82, 2.24) is 10.9 Å². The molecular weight excluding hydrogens is 218 g/mol. The van der Waals surface area contributed by atoms with Gasteiger partial charge in [0.2, 0.25) is 6.79 Å². The second-order valence-electron chi connectivity index (χ2n) is 4.57. The zero-order valence-electron chi connectivity index (χ0n) is 9.77. The average Bonchev–Trinajstić information content (AvgIpc) is 2.93. The first kappa shape index (κ1) is 10.8. The number of ether oxygens (including phenoxy) is 2. The number of rotatable bonds is 2. The molecular formula is C12H17N3O2. The minimum atomic E-state index is 0.226. The van der Waals surface area contributed by atoms with Gasteiger partial charge in [-0.05, 0) is 31.2 Å². The van der Waals surface area contributed by atoms with Crippen molar-refractivity contribution in [3.63, 3.8) is 0 Å². The van der Waals surface area contributed by atoms with E-state index in [1.54, 1.807) is 0 Å². The number of nitrogens with one attached hydrogen (secondary N) is 2. The summed E-state index contributed by atoms with van der Waals surface area (Å²) in [6, 6.07) is 6.64. The topological polar surface area (TPSA) is 68.5 Å². The van der Waals surface area contributed by atoms with Gasteiger partial charge in [0.1, 0.15) is 0 Å². The van der Waals surface area contributed by atoms with Crippen molar-refractivity contribution in [2.45, 2.75) is 19.0 Å². The Bertz CT molecular complexity index is 424. The molecule has 5 nitrogen and oxygen atoms in total. The van der Waals surface area contributed by atoms with Crippen LogP contribution in [0.25, 0.3) is 0 Å². The summed E-state index contributed by atoms with van der Waals surface area (Å²) >= 11 is 0. The molecule has 0 saturated carbocycles. The van der Waals surface area contributed by atoms with Crippen LogP contribution in [-0.4, -0.2) is 19.4 Å². The van der Waals surface area contributed by atoms with Crippen molar-refractivity contribution in [2.75, 3.05) is 13.3 Å². The normalized spacial score (nSPS) is 30.8. The highest BCUT2D eigenvalue weighted by molar-refractivity contribution is 5.45. The first-order valence-corrected chi connectivity index (χ1v) is 5.90. The van der Waals surface area contributed by atoms with Crippen molar-refractivity contribution >= 4 is 0 Å². The van der Waals surface area contributed by atoms with E-state index in [9.17, 15) is 0 Å². The lowest BCUT2D eigenvalue weighted by Gasteiger charge is -2.19. The van der Waals surface area contributed by atoms with Gasteiger partial charge in [-0.2, -0.15) is 0 Å². The standard InChI is InChI=1S/C12H17N3O2/c1-7-9(5-13)12(15-14-7)8-2-3-10-11(4-8)17-6-16-10/h2-4,7,9,12,14-15H,5-6,13H2,1H3. The molecule has 0 aliphatic carbocycles. The quantitative estimate of drug-likeness (QED) is 0.697. The summed E-state index contributed by atoms with van der Waals surface area (Å²) in [6.07, 6.45) is 0. The first-order chi connectivity index (χ1) is 8.29. The molecule has 0 spiro atoms. The molecule has 3 rings (SSSR count). The largest absolute Gasteiger partial charge is 0.454 e. The van der Waals surface area contributed by atoms with Gasteiger partial charge in [0.25, 0.3) is 0 Å². The summed E-state index contributed by atoms with van der Waals surface area (Å²) in [5.41, 5.74) is 13.5. The Hall–Kier alpha value is -1.30. The van der Waals surface area contributed by atoms with Crippen molar-refractivity contribution < 1.29 is 9.47 Å². The number of hydrogen-bond donors (Lipinski definition) is 3. The number of fused-ring (bicyclic) bond motifs is 1. The van der Waals surface area contributed by atoms with Crippen LogP contribution in [0.4, 0.5) is 0 Å². The molecule has 0 aromatic heterocycles. The Morgan fingerprint density at radius 1 is 1.29 bits per heavy atom. The zero-order valence-corrected chi connectivity index (χ0v) is 9.77.